The van der Waals surface area contributed by atoms with Crippen molar-refractivity contribution in [3.05, 3.63) is 57.8 Å². The number of halogens is 2. The summed E-state index contributed by atoms with van der Waals surface area (Å²) >= 11 is 12.6. The van der Waals surface area contributed by atoms with E-state index < -0.39 is 0 Å². The van der Waals surface area contributed by atoms with Gasteiger partial charge in [0.15, 0.2) is 0 Å². The lowest BCUT2D eigenvalue weighted by Gasteiger charge is -2.20. The molecule has 2 aromatic heterocycles. The molecule has 4 nitrogen and oxygen atoms in total. The van der Waals surface area contributed by atoms with Gasteiger partial charge in [0, 0.05) is 35.9 Å². The van der Waals surface area contributed by atoms with Crippen molar-refractivity contribution >= 4 is 28.8 Å². The van der Waals surface area contributed by atoms with Crippen LogP contribution in [0.5, 0.6) is 0 Å². The van der Waals surface area contributed by atoms with E-state index in [9.17, 15) is 0 Å². The molecule has 3 heterocycles. The molecule has 0 spiro atoms. The molecule has 0 unspecified atom stereocenters. The molecule has 3 aromatic rings. The fraction of sp³-hybridized carbons (Fsp3) is 0.350. The van der Waals surface area contributed by atoms with E-state index in [2.05, 4.69) is 27.6 Å². The van der Waals surface area contributed by atoms with Crippen LogP contribution in [0.4, 0.5) is 0 Å². The number of hydrogen-bond donors (Lipinski definition) is 1. The Bertz CT molecular complexity index is 927. The molecule has 1 saturated heterocycles. The van der Waals surface area contributed by atoms with Crippen LogP contribution in [0.1, 0.15) is 17.8 Å². The highest BCUT2D eigenvalue weighted by Gasteiger charge is 2.20. The van der Waals surface area contributed by atoms with Gasteiger partial charge in [0.25, 0.3) is 0 Å². The van der Waals surface area contributed by atoms with Gasteiger partial charge in [-0.15, -0.1) is 0 Å². The molecule has 0 saturated carbocycles. The van der Waals surface area contributed by atoms with Gasteiger partial charge in [-0.2, -0.15) is 0 Å². The third-order valence-corrected chi connectivity index (χ3v) is 5.47. The average molecular weight is 389 g/mol. The van der Waals surface area contributed by atoms with Crippen molar-refractivity contribution in [2.24, 2.45) is 0 Å². The molecular weight excluding hydrogens is 367 g/mol. The summed E-state index contributed by atoms with van der Waals surface area (Å²) in [5.41, 5.74) is 5.19. The van der Waals surface area contributed by atoms with Crippen LogP contribution in [0, 0.1) is 6.92 Å². The minimum absolute atomic E-state index is 0.636. The highest BCUT2D eigenvalue weighted by molar-refractivity contribution is 6.36. The Kier molecular flexibility index (Phi) is 5.18. The first-order valence-corrected chi connectivity index (χ1v) is 9.74. The summed E-state index contributed by atoms with van der Waals surface area (Å²) in [6, 6.07) is 11.8. The lowest BCUT2D eigenvalue weighted by molar-refractivity contribution is 0.280. The van der Waals surface area contributed by atoms with E-state index in [1.54, 1.807) is 6.07 Å². The van der Waals surface area contributed by atoms with Gasteiger partial charge in [0.05, 0.1) is 16.4 Å². The Morgan fingerprint density at radius 3 is 2.85 bits per heavy atom. The average Bonchev–Trinajstić information content (AvgIpc) is 2.78. The zero-order valence-corrected chi connectivity index (χ0v) is 16.3. The zero-order chi connectivity index (χ0) is 18.1. The first-order chi connectivity index (χ1) is 12.6. The molecule has 0 radical (unpaired) electrons. The number of hydrogen-bond acceptors (Lipinski definition) is 3. The van der Waals surface area contributed by atoms with Crippen molar-refractivity contribution in [1.29, 1.82) is 0 Å². The van der Waals surface area contributed by atoms with Gasteiger partial charge in [-0.05, 0) is 56.8 Å². The Morgan fingerprint density at radius 2 is 2.00 bits per heavy atom. The van der Waals surface area contributed by atoms with E-state index in [1.807, 2.05) is 24.3 Å². The minimum atomic E-state index is 0.636. The van der Waals surface area contributed by atoms with Crippen molar-refractivity contribution in [2.45, 2.75) is 19.9 Å². The summed E-state index contributed by atoms with van der Waals surface area (Å²) in [5, 5.41) is 4.74. The molecule has 0 bridgehead atoms. The van der Waals surface area contributed by atoms with Crippen molar-refractivity contribution in [2.75, 3.05) is 26.2 Å². The van der Waals surface area contributed by atoms with Crippen molar-refractivity contribution < 1.29 is 0 Å². The number of nitrogens with zero attached hydrogens (tertiary/aromatic N) is 3. The molecule has 1 aliphatic heterocycles. The Hall–Kier alpha value is -1.59. The molecule has 1 aromatic carbocycles. The first-order valence-electron chi connectivity index (χ1n) is 8.99. The standard InChI is InChI=1S/C20H22Cl2N4/c1-14-4-2-5-19-24-20(16-7-6-15(21)12-17(16)22)18(26(14)19)13-25-10-3-8-23-9-11-25/h2,4-7,12,23H,3,8-11,13H2,1H3. The van der Waals surface area contributed by atoms with Crippen LogP contribution in [0.15, 0.2) is 36.4 Å². The lowest BCUT2D eigenvalue weighted by atomic mass is 10.1. The molecule has 26 heavy (non-hydrogen) atoms. The highest BCUT2D eigenvalue weighted by atomic mass is 35.5. The molecule has 0 aliphatic carbocycles. The number of pyridine rings is 1. The maximum atomic E-state index is 6.51. The minimum Gasteiger partial charge on any atom is -0.315 e. The summed E-state index contributed by atoms with van der Waals surface area (Å²) in [5.74, 6) is 0. The van der Waals surface area contributed by atoms with Crippen molar-refractivity contribution in [1.82, 2.24) is 19.6 Å². The van der Waals surface area contributed by atoms with Crippen LogP contribution in [0.3, 0.4) is 0 Å². The molecule has 1 fully saturated rings. The number of aryl methyl sites for hydroxylation is 1. The predicted octanol–water partition coefficient (Wildman–Crippen LogP) is 4.41. The molecule has 4 rings (SSSR count). The molecule has 1 aliphatic rings. The predicted molar refractivity (Wildman–Crippen MR) is 108 cm³/mol. The van der Waals surface area contributed by atoms with Crippen LogP contribution in [0.2, 0.25) is 10.0 Å². The second-order valence-electron chi connectivity index (χ2n) is 6.77. The van der Waals surface area contributed by atoms with Crippen LogP contribution in [-0.4, -0.2) is 40.5 Å². The van der Waals surface area contributed by atoms with Crippen LogP contribution < -0.4 is 5.32 Å². The SMILES string of the molecule is Cc1cccc2nc(-c3ccc(Cl)cc3Cl)c(CN3CCCNCC3)n12. The lowest BCUT2D eigenvalue weighted by Crippen LogP contribution is -2.28. The van der Waals surface area contributed by atoms with Gasteiger partial charge in [-0.25, -0.2) is 4.98 Å². The fourth-order valence-electron chi connectivity index (χ4n) is 3.64. The van der Waals surface area contributed by atoms with Gasteiger partial charge in [0.1, 0.15) is 5.65 Å². The van der Waals surface area contributed by atoms with E-state index >= 15 is 0 Å². The number of benzene rings is 1. The van der Waals surface area contributed by atoms with E-state index in [0.717, 1.165) is 56.0 Å². The summed E-state index contributed by atoms with van der Waals surface area (Å²) in [7, 11) is 0. The number of fused-ring (bicyclic) bond motifs is 1. The molecule has 1 N–H and O–H groups in total. The monoisotopic (exact) mass is 388 g/mol. The topological polar surface area (TPSA) is 32.6 Å². The molecule has 6 heteroatoms. The normalized spacial score (nSPS) is 16.1. The number of nitrogens with one attached hydrogen (secondary N) is 1. The van der Waals surface area contributed by atoms with E-state index in [4.69, 9.17) is 28.2 Å². The zero-order valence-electron chi connectivity index (χ0n) is 14.8. The molecule has 0 atom stereocenters. The summed E-state index contributed by atoms with van der Waals surface area (Å²) in [6.07, 6.45) is 1.16. The third kappa shape index (κ3) is 3.47. The maximum Gasteiger partial charge on any atom is 0.137 e. The number of imidazole rings is 1. The fourth-order valence-corrected chi connectivity index (χ4v) is 4.14. The van der Waals surface area contributed by atoms with E-state index in [0.29, 0.717) is 10.0 Å². The van der Waals surface area contributed by atoms with Crippen LogP contribution >= 0.6 is 23.2 Å². The van der Waals surface area contributed by atoms with Gasteiger partial charge in [-0.3, -0.25) is 9.30 Å². The number of rotatable bonds is 3. The van der Waals surface area contributed by atoms with Gasteiger partial charge < -0.3 is 5.32 Å². The highest BCUT2D eigenvalue weighted by Crippen LogP contribution is 2.33. The van der Waals surface area contributed by atoms with E-state index in [1.165, 1.54) is 11.4 Å². The summed E-state index contributed by atoms with van der Waals surface area (Å²) < 4.78 is 2.25. The summed E-state index contributed by atoms with van der Waals surface area (Å²) in [4.78, 5) is 7.41. The third-order valence-electron chi connectivity index (χ3n) is 4.93. The first kappa shape index (κ1) is 17.8. The Morgan fingerprint density at radius 1 is 1.12 bits per heavy atom. The van der Waals surface area contributed by atoms with Crippen LogP contribution in [-0.2, 0) is 6.54 Å². The largest absolute Gasteiger partial charge is 0.315 e. The van der Waals surface area contributed by atoms with E-state index in [-0.39, 0.29) is 0 Å². The molecular formula is C20H22Cl2N4. The summed E-state index contributed by atoms with van der Waals surface area (Å²) in [6.45, 7) is 7.19. The van der Waals surface area contributed by atoms with Gasteiger partial charge in [0.2, 0.25) is 0 Å². The van der Waals surface area contributed by atoms with Crippen molar-refractivity contribution in [3.8, 4) is 11.3 Å². The quantitative estimate of drug-likeness (QED) is 0.720. The second-order valence-corrected chi connectivity index (χ2v) is 7.62. The van der Waals surface area contributed by atoms with Crippen LogP contribution in [0.25, 0.3) is 16.9 Å². The molecule has 0 amide bonds. The maximum absolute atomic E-state index is 6.51. The van der Waals surface area contributed by atoms with Gasteiger partial charge in [-0.1, -0.05) is 29.3 Å². The second kappa shape index (κ2) is 7.57. The van der Waals surface area contributed by atoms with Crippen molar-refractivity contribution in [3.63, 3.8) is 0 Å². The number of aromatic nitrogens is 2. The Balaban J connectivity index is 1.85. The van der Waals surface area contributed by atoms with Gasteiger partial charge >= 0.3 is 0 Å². The smallest absolute Gasteiger partial charge is 0.137 e. The molecule has 136 valence electrons. The Labute approximate surface area is 163 Å².